The van der Waals surface area contributed by atoms with Crippen LogP contribution < -0.4 is 0 Å². The Balaban J connectivity index is 1.66. The molecule has 22 heavy (non-hydrogen) atoms. The number of hydrogen-bond acceptors (Lipinski definition) is 3. The average molecular weight is 303 g/mol. The Kier molecular flexibility index (Phi) is 4.60. The van der Waals surface area contributed by atoms with Crippen molar-refractivity contribution in [1.82, 2.24) is 14.5 Å². The number of imidazole rings is 1. The van der Waals surface area contributed by atoms with Crippen molar-refractivity contribution in [1.29, 1.82) is 0 Å². The second kappa shape index (κ2) is 6.63. The molecule has 0 spiro atoms. The summed E-state index contributed by atoms with van der Waals surface area (Å²) in [7, 11) is 0. The largest absolute Gasteiger partial charge is 0.335 e. The molecule has 0 aromatic carbocycles. The molecule has 1 amide bonds. The third-order valence-corrected chi connectivity index (χ3v) is 4.69. The highest BCUT2D eigenvalue weighted by atomic mass is 16.2. The fraction of sp³-hybridized carbons (Fsp3) is 0.706. The Morgan fingerprint density at radius 1 is 1.32 bits per heavy atom. The van der Waals surface area contributed by atoms with Crippen LogP contribution in [-0.2, 0) is 16.1 Å². The normalized spacial score (nSPS) is 21.9. The first-order valence-electron chi connectivity index (χ1n) is 8.52. The van der Waals surface area contributed by atoms with E-state index < -0.39 is 0 Å². The van der Waals surface area contributed by atoms with E-state index in [2.05, 4.69) is 15.7 Å². The van der Waals surface area contributed by atoms with Gasteiger partial charge in [-0.15, -0.1) is 0 Å². The van der Waals surface area contributed by atoms with Gasteiger partial charge in [0.25, 0.3) is 5.91 Å². The molecule has 1 atom stereocenters. The Labute approximate surface area is 131 Å². The number of aromatic nitrogens is 2. The zero-order valence-electron chi connectivity index (χ0n) is 13.3. The highest BCUT2D eigenvalue weighted by Crippen LogP contribution is 2.33. The molecule has 5 heteroatoms. The number of nitrogens with zero attached hydrogens (tertiary/aromatic N) is 3. The van der Waals surface area contributed by atoms with E-state index in [-0.39, 0.29) is 17.6 Å². The van der Waals surface area contributed by atoms with Crippen LogP contribution in [0, 0.1) is 5.92 Å². The van der Waals surface area contributed by atoms with Gasteiger partial charge in [0.15, 0.2) is 0 Å². The summed E-state index contributed by atoms with van der Waals surface area (Å²) >= 11 is 0. The molecule has 120 valence electrons. The molecular formula is C17H25N3O2. The molecular weight excluding hydrogens is 278 g/mol. The molecule has 2 aliphatic rings. The van der Waals surface area contributed by atoms with Gasteiger partial charge in [0.1, 0.15) is 5.82 Å². The van der Waals surface area contributed by atoms with Crippen molar-refractivity contribution >= 4 is 11.7 Å². The first-order valence-corrected chi connectivity index (χ1v) is 8.52. The molecule has 0 bridgehead atoms. The quantitative estimate of drug-likeness (QED) is 0.758. The molecule has 0 N–H and O–H groups in total. The van der Waals surface area contributed by atoms with E-state index in [1.165, 1.54) is 12.8 Å². The Hall–Kier alpha value is -1.65. The van der Waals surface area contributed by atoms with Gasteiger partial charge in [-0.25, -0.2) is 4.98 Å². The van der Waals surface area contributed by atoms with Gasteiger partial charge in [-0.05, 0) is 38.0 Å². The van der Waals surface area contributed by atoms with Crippen molar-refractivity contribution < 1.29 is 9.59 Å². The molecule has 1 saturated heterocycles. The van der Waals surface area contributed by atoms with Crippen LogP contribution in [0.2, 0.25) is 0 Å². The lowest BCUT2D eigenvalue weighted by Crippen LogP contribution is -2.43. The van der Waals surface area contributed by atoms with Gasteiger partial charge in [-0.2, -0.15) is 0 Å². The summed E-state index contributed by atoms with van der Waals surface area (Å²) < 4.78 is 2.25. The number of piperidine rings is 1. The fourth-order valence-electron chi connectivity index (χ4n) is 3.30. The molecule has 0 radical (unpaired) electrons. The number of amides is 1. The van der Waals surface area contributed by atoms with Gasteiger partial charge in [0.2, 0.25) is 5.78 Å². The fourth-order valence-corrected chi connectivity index (χ4v) is 3.30. The number of hydrogen-bond donors (Lipinski definition) is 0. The van der Waals surface area contributed by atoms with E-state index in [4.69, 9.17) is 0 Å². The van der Waals surface area contributed by atoms with Gasteiger partial charge in [0.05, 0.1) is 0 Å². The van der Waals surface area contributed by atoms with Gasteiger partial charge < -0.3 is 9.47 Å². The van der Waals surface area contributed by atoms with E-state index in [1.807, 2.05) is 13.1 Å². The average Bonchev–Trinajstić information content (AvgIpc) is 3.22. The third-order valence-electron chi connectivity index (χ3n) is 4.69. The summed E-state index contributed by atoms with van der Waals surface area (Å²) in [6.07, 6.45) is 9.64. The molecule has 3 rings (SSSR count). The maximum absolute atomic E-state index is 12.2. The minimum Gasteiger partial charge on any atom is -0.335 e. The van der Waals surface area contributed by atoms with Crippen LogP contribution in [0.3, 0.4) is 0 Å². The Morgan fingerprint density at radius 3 is 2.86 bits per heavy atom. The zero-order valence-corrected chi connectivity index (χ0v) is 13.3. The summed E-state index contributed by atoms with van der Waals surface area (Å²) in [6.45, 7) is 4.32. The highest BCUT2D eigenvalue weighted by molar-refractivity contribution is 6.36. The Morgan fingerprint density at radius 2 is 2.14 bits per heavy atom. The van der Waals surface area contributed by atoms with E-state index >= 15 is 0 Å². The maximum atomic E-state index is 12.2. The van der Waals surface area contributed by atoms with Crippen molar-refractivity contribution in [3.05, 3.63) is 18.2 Å². The van der Waals surface area contributed by atoms with Crippen molar-refractivity contribution in [3.8, 4) is 0 Å². The monoisotopic (exact) mass is 303 g/mol. The predicted molar refractivity (Wildman–Crippen MR) is 83.4 cm³/mol. The lowest BCUT2D eigenvalue weighted by Gasteiger charge is -2.32. The topological polar surface area (TPSA) is 55.2 Å². The molecule has 5 nitrogen and oxygen atoms in total. The van der Waals surface area contributed by atoms with Crippen LogP contribution >= 0.6 is 0 Å². The maximum Gasteiger partial charge on any atom is 0.289 e. The number of rotatable bonds is 6. The number of carbonyl (C=O) groups excluding carboxylic acids is 2. The standard InChI is InChI=1S/C17H25N3O2/c1-2-4-15(21)17(22)20-9-3-5-14(12-20)16-18-8-10-19(16)11-13-6-7-13/h8,10,13-14H,2-7,9,11-12H2,1H3/t14-/m0/s1. The van der Waals surface area contributed by atoms with Crippen LogP contribution in [0.5, 0.6) is 0 Å². The van der Waals surface area contributed by atoms with Gasteiger partial charge in [-0.1, -0.05) is 6.92 Å². The molecule has 2 heterocycles. The molecule has 1 saturated carbocycles. The lowest BCUT2D eigenvalue weighted by molar-refractivity contribution is -0.145. The summed E-state index contributed by atoms with van der Waals surface area (Å²) in [6, 6.07) is 0. The van der Waals surface area contributed by atoms with Crippen molar-refractivity contribution in [2.24, 2.45) is 5.92 Å². The van der Waals surface area contributed by atoms with Crippen LogP contribution in [0.25, 0.3) is 0 Å². The molecule has 1 aromatic rings. The van der Waals surface area contributed by atoms with Gasteiger partial charge >= 0.3 is 0 Å². The van der Waals surface area contributed by atoms with Crippen molar-refractivity contribution in [2.75, 3.05) is 13.1 Å². The second-order valence-electron chi connectivity index (χ2n) is 6.64. The van der Waals surface area contributed by atoms with Gasteiger partial charge in [0, 0.05) is 44.4 Å². The first-order chi connectivity index (χ1) is 10.7. The third kappa shape index (κ3) is 3.39. The summed E-state index contributed by atoms with van der Waals surface area (Å²) in [5, 5.41) is 0. The number of likely N-dealkylation sites (tertiary alicyclic amines) is 1. The number of Topliss-reactive ketones (excluding diaryl/α,β-unsaturated/α-hetero) is 1. The predicted octanol–water partition coefficient (Wildman–Crippen LogP) is 2.37. The number of carbonyl (C=O) groups is 2. The van der Waals surface area contributed by atoms with E-state index in [0.29, 0.717) is 19.5 Å². The summed E-state index contributed by atoms with van der Waals surface area (Å²) in [5.41, 5.74) is 0. The molecule has 1 aliphatic carbocycles. The lowest BCUT2D eigenvalue weighted by atomic mass is 9.96. The van der Waals surface area contributed by atoms with E-state index in [1.54, 1.807) is 4.90 Å². The minimum absolute atomic E-state index is 0.246. The Bertz CT molecular complexity index is 548. The van der Waals surface area contributed by atoms with Crippen molar-refractivity contribution in [3.63, 3.8) is 0 Å². The summed E-state index contributed by atoms with van der Waals surface area (Å²) in [5.74, 6) is 1.62. The SMILES string of the molecule is CCCC(=O)C(=O)N1CCC[C@H](c2nccn2CC2CC2)C1. The number of ketones is 1. The van der Waals surface area contributed by atoms with Crippen LogP contribution in [0.15, 0.2) is 12.4 Å². The molecule has 2 fully saturated rings. The molecule has 1 aromatic heterocycles. The van der Waals surface area contributed by atoms with Crippen LogP contribution in [0.4, 0.5) is 0 Å². The first kappa shape index (κ1) is 15.3. The van der Waals surface area contributed by atoms with Gasteiger partial charge in [-0.3, -0.25) is 9.59 Å². The second-order valence-corrected chi connectivity index (χ2v) is 6.64. The van der Waals surface area contributed by atoms with E-state index in [9.17, 15) is 9.59 Å². The van der Waals surface area contributed by atoms with Crippen LogP contribution in [0.1, 0.15) is 57.2 Å². The minimum atomic E-state index is -0.299. The van der Waals surface area contributed by atoms with Crippen LogP contribution in [-0.4, -0.2) is 39.2 Å². The zero-order chi connectivity index (χ0) is 15.5. The summed E-state index contributed by atoms with van der Waals surface area (Å²) in [4.78, 5) is 30.3. The molecule has 0 unspecified atom stereocenters. The van der Waals surface area contributed by atoms with E-state index in [0.717, 1.165) is 37.5 Å². The molecule has 1 aliphatic heterocycles. The smallest absolute Gasteiger partial charge is 0.289 e. The van der Waals surface area contributed by atoms with Crippen molar-refractivity contribution in [2.45, 2.75) is 57.9 Å². The highest BCUT2D eigenvalue weighted by Gasteiger charge is 2.31.